The third-order valence-electron chi connectivity index (χ3n) is 20.5. The Balaban J connectivity index is 0.490. The molecule has 4 aromatic rings. The van der Waals surface area contributed by atoms with E-state index in [9.17, 15) is 10.2 Å². The number of rotatable bonds is 32. The van der Waals surface area contributed by atoms with Crippen LogP contribution in [0.15, 0.2) is 97.1 Å². The fourth-order valence-corrected chi connectivity index (χ4v) is 16.2. The van der Waals surface area contributed by atoms with Crippen molar-refractivity contribution in [3.63, 3.8) is 0 Å². The maximum atomic E-state index is 12.2. The lowest BCUT2D eigenvalue weighted by Gasteiger charge is -2.53. The lowest BCUT2D eigenvalue weighted by Crippen LogP contribution is -2.50. The minimum atomic E-state index is -0.623. The average molecular weight is 1090 g/mol. The van der Waals surface area contributed by atoms with Crippen LogP contribution in [0.2, 0.25) is 0 Å². The van der Waals surface area contributed by atoms with Crippen LogP contribution in [0.3, 0.4) is 0 Å². The molecule has 0 spiro atoms. The second-order valence-corrected chi connectivity index (χ2v) is 24.6. The van der Waals surface area contributed by atoms with Crippen LogP contribution in [-0.2, 0) is 59.2 Å². The number of benzene rings is 4. The van der Waals surface area contributed by atoms with Crippen LogP contribution in [0.5, 0.6) is 11.5 Å². The maximum absolute atomic E-state index is 12.2. The highest BCUT2D eigenvalue weighted by Gasteiger charge is 2.62. The normalized spacial score (nSPS) is 29.5. The summed E-state index contributed by atoms with van der Waals surface area (Å²) < 4.78 is 52.7. The molecule has 10 atom stereocenters. The summed E-state index contributed by atoms with van der Waals surface area (Å²) in [6.07, 6.45) is 16.4. The predicted octanol–water partition coefficient (Wildman–Crippen LogP) is 12.4. The van der Waals surface area contributed by atoms with E-state index >= 15 is 0 Å². The van der Waals surface area contributed by atoms with Crippen LogP contribution < -0.4 is 9.47 Å². The topological polar surface area (TPSA) is 124 Å². The molecule has 0 unspecified atom stereocenters. The molecular formula is C68H94O11. The van der Waals surface area contributed by atoms with Crippen molar-refractivity contribution in [2.45, 2.75) is 153 Å². The Labute approximate surface area is 472 Å². The minimum absolute atomic E-state index is 0.0375. The molecular weight excluding hydrogens is 993 g/mol. The SMILES string of the molecule is C[C@]12CC[C@@H]3c4ccc(OCc5ccccc5)cc4CC[C@H]3[C@@H]1CC[C@@]2(O)CCCOCCOCCOCCOCCOCCOCCOCCC[C@]1(O)CC[C@H]2[C@@H]3CCc4cc(OCc5ccccc5)ccc4[C@H]3CC[C@@]21C. The van der Waals surface area contributed by atoms with Crippen LogP contribution in [0.1, 0.15) is 149 Å². The molecule has 11 nitrogen and oxygen atoms in total. The van der Waals surface area contributed by atoms with Gasteiger partial charge in [-0.1, -0.05) is 86.6 Å². The highest BCUT2D eigenvalue weighted by Crippen LogP contribution is 2.67. The van der Waals surface area contributed by atoms with Crippen LogP contribution >= 0.6 is 0 Å². The number of hydrogen-bond acceptors (Lipinski definition) is 11. The zero-order valence-corrected chi connectivity index (χ0v) is 47.9. The first kappa shape index (κ1) is 58.3. The summed E-state index contributed by atoms with van der Waals surface area (Å²) in [5, 5.41) is 24.3. The summed E-state index contributed by atoms with van der Waals surface area (Å²) >= 11 is 0. The molecule has 4 saturated carbocycles. The van der Waals surface area contributed by atoms with E-state index < -0.39 is 11.2 Å². The smallest absolute Gasteiger partial charge is 0.120 e. The Morgan fingerprint density at radius 1 is 0.405 bits per heavy atom. The lowest BCUT2D eigenvalue weighted by molar-refractivity contribution is -0.110. The summed E-state index contributed by atoms with van der Waals surface area (Å²) in [6, 6.07) is 34.4. The van der Waals surface area contributed by atoms with Gasteiger partial charge in [0.1, 0.15) is 24.7 Å². The largest absolute Gasteiger partial charge is 0.489 e. The van der Waals surface area contributed by atoms with Crippen molar-refractivity contribution < 1.29 is 52.8 Å². The highest BCUT2D eigenvalue weighted by atomic mass is 16.6. The summed E-state index contributed by atoms with van der Waals surface area (Å²) in [4.78, 5) is 0. The molecule has 6 aliphatic rings. The van der Waals surface area contributed by atoms with Gasteiger partial charge in [0.15, 0.2) is 0 Å². The lowest BCUT2D eigenvalue weighted by atomic mass is 9.53. The summed E-state index contributed by atoms with van der Waals surface area (Å²) in [7, 11) is 0. The molecule has 79 heavy (non-hydrogen) atoms. The van der Waals surface area contributed by atoms with Gasteiger partial charge in [0.2, 0.25) is 0 Å². The van der Waals surface area contributed by atoms with Crippen molar-refractivity contribution in [3.8, 4) is 11.5 Å². The summed E-state index contributed by atoms with van der Waals surface area (Å²) in [6.45, 7) is 13.5. The number of aryl methyl sites for hydroxylation is 2. The molecule has 0 radical (unpaired) electrons. The van der Waals surface area contributed by atoms with Crippen LogP contribution in [0, 0.1) is 34.5 Å². The zero-order valence-electron chi connectivity index (χ0n) is 47.9. The predicted molar refractivity (Wildman–Crippen MR) is 308 cm³/mol. The molecule has 0 aliphatic heterocycles. The van der Waals surface area contributed by atoms with E-state index in [-0.39, 0.29) is 10.8 Å². The fraction of sp³-hybridized carbons (Fsp3) is 0.647. The molecule has 6 aliphatic carbocycles. The van der Waals surface area contributed by atoms with Gasteiger partial charge < -0.3 is 52.8 Å². The first-order chi connectivity index (χ1) is 38.7. The minimum Gasteiger partial charge on any atom is -0.489 e. The number of fused-ring (bicyclic) bond motifs is 10. The molecule has 11 heteroatoms. The van der Waals surface area contributed by atoms with Crippen molar-refractivity contribution in [1.82, 2.24) is 0 Å². The Bertz CT molecular complexity index is 2300. The maximum Gasteiger partial charge on any atom is 0.120 e. The molecule has 0 amide bonds. The molecule has 0 bridgehead atoms. The molecule has 4 aromatic carbocycles. The number of hydrogen-bond donors (Lipinski definition) is 2. The molecule has 4 fully saturated rings. The zero-order chi connectivity index (χ0) is 54.4. The van der Waals surface area contributed by atoms with Crippen LogP contribution in [0.25, 0.3) is 0 Å². The Morgan fingerprint density at radius 3 is 1.13 bits per heavy atom. The van der Waals surface area contributed by atoms with Crippen molar-refractivity contribution in [1.29, 1.82) is 0 Å². The Morgan fingerprint density at radius 2 is 0.759 bits per heavy atom. The van der Waals surface area contributed by atoms with Crippen molar-refractivity contribution in [3.05, 3.63) is 130 Å². The van der Waals surface area contributed by atoms with Gasteiger partial charge in [-0.15, -0.1) is 0 Å². The van der Waals surface area contributed by atoms with Crippen LogP contribution in [-0.4, -0.2) is 114 Å². The summed E-state index contributed by atoms with van der Waals surface area (Å²) in [5.41, 5.74) is 7.01. The van der Waals surface area contributed by atoms with Gasteiger partial charge in [0.05, 0.1) is 90.5 Å². The first-order valence-electron chi connectivity index (χ1n) is 30.7. The first-order valence-corrected chi connectivity index (χ1v) is 30.7. The van der Waals surface area contributed by atoms with Crippen molar-refractivity contribution >= 4 is 0 Å². The number of aliphatic hydroxyl groups is 2. The fourth-order valence-electron chi connectivity index (χ4n) is 16.2. The van der Waals surface area contributed by atoms with Crippen molar-refractivity contribution in [2.75, 3.05) is 92.5 Å². The number of ether oxygens (including phenoxy) is 9. The summed E-state index contributed by atoms with van der Waals surface area (Å²) in [5.74, 6) is 5.51. The van der Waals surface area contributed by atoms with E-state index in [1.807, 2.05) is 12.1 Å². The third-order valence-corrected chi connectivity index (χ3v) is 20.5. The standard InChI is InChI=1S/C68H94O11/c1-65-29-23-59-57-21-17-55(78-49-51-11-5-3-6-12-51)47-53(57)15-19-61(59)63(65)25-31-67(65,69)27-9-33-71-35-37-73-39-41-75-43-45-77-46-44-76-42-40-74-38-36-72-34-10-28-68(70)32-26-64-62-20-16-54-48-56(79-50-52-13-7-4-8-14-52)18-22-58(54)60(62)24-30-66(64,68)2/h3-8,11-14,17-18,21-22,47-48,59-64,69-70H,9-10,15-16,19-20,23-46,49-50H2,1-2H3/t59-,60-,61-,62-,63+,64+,65+,66+,67+,68+/m1/s1. The van der Waals surface area contributed by atoms with Gasteiger partial charge in [-0.2, -0.15) is 0 Å². The van der Waals surface area contributed by atoms with Gasteiger partial charge in [-0.3, -0.25) is 0 Å². The van der Waals surface area contributed by atoms with E-state index in [0.717, 1.165) is 101 Å². The quantitative estimate of drug-likeness (QED) is 0.0454. The Kier molecular flexibility index (Phi) is 20.6. The van der Waals surface area contributed by atoms with Gasteiger partial charge in [0.25, 0.3) is 0 Å². The van der Waals surface area contributed by atoms with E-state index in [2.05, 4.69) is 98.8 Å². The average Bonchev–Trinajstić information content (AvgIpc) is 3.67. The van der Waals surface area contributed by atoms with E-state index in [4.69, 9.17) is 42.6 Å². The molecule has 432 valence electrons. The van der Waals surface area contributed by atoms with Crippen molar-refractivity contribution in [2.24, 2.45) is 34.5 Å². The van der Waals surface area contributed by atoms with Crippen LogP contribution in [0.4, 0.5) is 0 Å². The third kappa shape index (κ3) is 14.0. The van der Waals surface area contributed by atoms with E-state index in [0.29, 0.717) is 141 Å². The van der Waals surface area contributed by atoms with E-state index in [1.165, 1.54) is 46.2 Å². The van der Waals surface area contributed by atoms with Gasteiger partial charge in [0, 0.05) is 13.2 Å². The molecule has 0 saturated heterocycles. The van der Waals surface area contributed by atoms with Gasteiger partial charge >= 0.3 is 0 Å². The molecule has 10 rings (SSSR count). The van der Waals surface area contributed by atoms with E-state index in [1.54, 1.807) is 0 Å². The Hall–Kier alpha value is -3.88. The second kappa shape index (κ2) is 27.9. The van der Waals surface area contributed by atoms with Gasteiger partial charge in [-0.25, -0.2) is 0 Å². The molecule has 0 heterocycles. The second-order valence-electron chi connectivity index (χ2n) is 24.6. The molecule has 2 N–H and O–H groups in total. The van der Waals surface area contributed by atoms with Gasteiger partial charge in [-0.05, 0) is 207 Å². The highest BCUT2D eigenvalue weighted by molar-refractivity contribution is 5.42. The monoisotopic (exact) mass is 1090 g/mol. The molecule has 0 aromatic heterocycles.